The van der Waals surface area contributed by atoms with Crippen molar-refractivity contribution in [3.63, 3.8) is 0 Å². The highest BCUT2D eigenvalue weighted by atomic mass is 35.5. The van der Waals surface area contributed by atoms with Gasteiger partial charge in [-0.05, 0) is 19.4 Å². The zero-order chi connectivity index (χ0) is 12.1. The lowest BCUT2D eigenvalue weighted by atomic mass is 10.2. The molecular formula is C11H15ClN2O2. The van der Waals surface area contributed by atoms with Crippen LogP contribution in [0.4, 0.5) is 5.82 Å². The van der Waals surface area contributed by atoms with E-state index in [2.05, 4.69) is 17.2 Å². The van der Waals surface area contributed by atoms with Crippen molar-refractivity contribution >= 4 is 23.4 Å². The van der Waals surface area contributed by atoms with E-state index in [0.29, 0.717) is 5.82 Å². The number of anilines is 1. The number of carboxylic acids is 1. The zero-order valence-electron chi connectivity index (χ0n) is 9.33. The molecule has 1 atom stereocenters. The van der Waals surface area contributed by atoms with Gasteiger partial charge in [0.05, 0.1) is 10.6 Å². The Morgan fingerprint density at radius 3 is 2.94 bits per heavy atom. The van der Waals surface area contributed by atoms with Gasteiger partial charge in [0.15, 0.2) is 0 Å². The largest absolute Gasteiger partial charge is 0.478 e. The number of pyridine rings is 1. The van der Waals surface area contributed by atoms with E-state index in [1.165, 1.54) is 12.3 Å². The molecule has 16 heavy (non-hydrogen) atoms. The maximum atomic E-state index is 10.8. The lowest BCUT2D eigenvalue weighted by Crippen LogP contribution is -2.16. The number of nitrogens with zero attached hydrogens (tertiary/aromatic N) is 1. The summed E-state index contributed by atoms with van der Waals surface area (Å²) in [5, 5.41) is 12.2. The SMILES string of the molecule is CCCC(C)Nc1nccc(C(=O)O)c1Cl. The average Bonchev–Trinajstić information content (AvgIpc) is 2.21. The zero-order valence-corrected chi connectivity index (χ0v) is 10.1. The summed E-state index contributed by atoms with van der Waals surface area (Å²) in [5.41, 5.74) is 0.0721. The van der Waals surface area contributed by atoms with Crippen LogP contribution < -0.4 is 5.32 Å². The molecule has 1 aromatic heterocycles. The average molecular weight is 243 g/mol. The summed E-state index contributed by atoms with van der Waals surface area (Å²) >= 11 is 5.94. The molecule has 0 fully saturated rings. The number of aromatic nitrogens is 1. The molecule has 2 N–H and O–H groups in total. The molecule has 1 rings (SSSR count). The van der Waals surface area contributed by atoms with Gasteiger partial charge < -0.3 is 10.4 Å². The Hall–Kier alpha value is -1.29. The highest BCUT2D eigenvalue weighted by Crippen LogP contribution is 2.24. The van der Waals surface area contributed by atoms with E-state index in [4.69, 9.17) is 16.7 Å². The molecule has 0 amide bonds. The lowest BCUT2D eigenvalue weighted by molar-refractivity contribution is 0.0697. The topological polar surface area (TPSA) is 62.2 Å². The maximum absolute atomic E-state index is 10.8. The maximum Gasteiger partial charge on any atom is 0.337 e. The molecule has 1 unspecified atom stereocenters. The van der Waals surface area contributed by atoms with Crippen LogP contribution in [0.1, 0.15) is 37.0 Å². The second kappa shape index (κ2) is 5.70. The quantitative estimate of drug-likeness (QED) is 0.833. The molecule has 0 aromatic carbocycles. The minimum atomic E-state index is -1.04. The van der Waals surface area contributed by atoms with Crippen molar-refractivity contribution in [1.29, 1.82) is 0 Å². The second-order valence-electron chi connectivity index (χ2n) is 3.66. The third kappa shape index (κ3) is 3.10. The van der Waals surface area contributed by atoms with Gasteiger partial charge in [-0.1, -0.05) is 24.9 Å². The van der Waals surface area contributed by atoms with E-state index in [1.807, 2.05) is 6.92 Å². The molecule has 0 aliphatic rings. The second-order valence-corrected chi connectivity index (χ2v) is 4.04. The third-order valence-corrected chi connectivity index (χ3v) is 2.61. The van der Waals surface area contributed by atoms with Crippen LogP contribution in [0.15, 0.2) is 12.3 Å². The Morgan fingerprint density at radius 2 is 2.38 bits per heavy atom. The van der Waals surface area contributed by atoms with Gasteiger partial charge in [-0.15, -0.1) is 0 Å². The molecule has 0 spiro atoms. The minimum Gasteiger partial charge on any atom is -0.478 e. The van der Waals surface area contributed by atoms with E-state index in [9.17, 15) is 4.79 Å². The number of carboxylic acid groups (broad SMARTS) is 1. The summed E-state index contributed by atoms with van der Waals surface area (Å²) in [4.78, 5) is 14.9. The first-order valence-electron chi connectivity index (χ1n) is 5.20. The van der Waals surface area contributed by atoms with Gasteiger partial charge in [-0.3, -0.25) is 0 Å². The summed E-state index contributed by atoms with van der Waals surface area (Å²) < 4.78 is 0. The standard InChI is InChI=1S/C11H15ClN2O2/c1-3-4-7(2)14-10-9(12)8(11(15)16)5-6-13-10/h5-7H,3-4H2,1-2H3,(H,13,14)(H,15,16). The number of carbonyl (C=O) groups is 1. The molecule has 5 heteroatoms. The van der Waals surface area contributed by atoms with E-state index in [0.717, 1.165) is 12.8 Å². The summed E-state index contributed by atoms with van der Waals surface area (Å²) in [6.45, 7) is 4.09. The summed E-state index contributed by atoms with van der Waals surface area (Å²) in [6.07, 6.45) is 3.47. The molecule has 0 saturated carbocycles. The molecule has 0 saturated heterocycles. The van der Waals surface area contributed by atoms with E-state index in [-0.39, 0.29) is 16.6 Å². The molecule has 0 bridgehead atoms. The predicted octanol–water partition coefficient (Wildman–Crippen LogP) is 3.03. The van der Waals surface area contributed by atoms with Gasteiger partial charge in [-0.25, -0.2) is 9.78 Å². The van der Waals surface area contributed by atoms with Crippen LogP contribution in [0.3, 0.4) is 0 Å². The molecule has 4 nitrogen and oxygen atoms in total. The summed E-state index contributed by atoms with van der Waals surface area (Å²) in [6, 6.07) is 1.61. The van der Waals surface area contributed by atoms with Crippen molar-refractivity contribution in [3.05, 3.63) is 22.8 Å². The van der Waals surface area contributed by atoms with Gasteiger partial charge >= 0.3 is 5.97 Å². The van der Waals surface area contributed by atoms with Crippen LogP contribution in [-0.2, 0) is 0 Å². The number of rotatable bonds is 5. The van der Waals surface area contributed by atoms with Crippen LogP contribution >= 0.6 is 11.6 Å². The Morgan fingerprint density at radius 1 is 1.69 bits per heavy atom. The number of aromatic carboxylic acids is 1. The summed E-state index contributed by atoms with van der Waals surface area (Å²) in [7, 11) is 0. The third-order valence-electron chi connectivity index (χ3n) is 2.22. The van der Waals surface area contributed by atoms with Crippen LogP contribution in [0.25, 0.3) is 0 Å². The van der Waals surface area contributed by atoms with E-state index < -0.39 is 5.97 Å². The molecule has 88 valence electrons. The minimum absolute atomic E-state index is 0.0721. The van der Waals surface area contributed by atoms with Gasteiger partial charge in [0.1, 0.15) is 5.82 Å². The summed E-state index contributed by atoms with van der Waals surface area (Å²) in [5.74, 6) is -0.610. The highest BCUT2D eigenvalue weighted by Gasteiger charge is 2.14. The van der Waals surface area contributed by atoms with Crippen molar-refractivity contribution in [2.75, 3.05) is 5.32 Å². The van der Waals surface area contributed by atoms with Crippen LogP contribution in [0.5, 0.6) is 0 Å². The first-order valence-corrected chi connectivity index (χ1v) is 5.58. The van der Waals surface area contributed by atoms with Gasteiger partial charge in [0.2, 0.25) is 0 Å². The number of halogens is 1. The fraction of sp³-hybridized carbons (Fsp3) is 0.455. The normalized spacial score (nSPS) is 12.2. The van der Waals surface area contributed by atoms with Gasteiger partial charge in [0.25, 0.3) is 0 Å². The molecule has 1 aromatic rings. The molecule has 0 aliphatic heterocycles. The first-order chi connectivity index (χ1) is 7.56. The van der Waals surface area contributed by atoms with Crippen LogP contribution in [-0.4, -0.2) is 22.1 Å². The van der Waals surface area contributed by atoms with Crippen molar-refractivity contribution in [1.82, 2.24) is 4.98 Å². The number of hydrogen-bond donors (Lipinski definition) is 2. The predicted molar refractivity (Wildman–Crippen MR) is 64.2 cm³/mol. The monoisotopic (exact) mass is 242 g/mol. The van der Waals surface area contributed by atoms with E-state index in [1.54, 1.807) is 0 Å². The van der Waals surface area contributed by atoms with Crippen molar-refractivity contribution in [3.8, 4) is 0 Å². The number of hydrogen-bond acceptors (Lipinski definition) is 3. The highest BCUT2D eigenvalue weighted by molar-refractivity contribution is 6.35. The molecule has 0 aliphatic carbocycles. The molecular weight excluding hydrogens is 228 g/mol. The Bertz CT molecular complexity index is 382. The van der Waals surface area contributed by atoms with Gasteiger partial charge in [0, 0.05) is 12.2 Å². The molecule has 1 heterocycles. The smallest absolute Gasteiger partial charge is 0.337 e. The fourth-order valence-electron chi connectivity index (χ4n) is 1.45. The fourth-order valence-corrected chi connectivity index (χ4v) is 1.70. The van der Waals surface area contributed by atoms with E-state index >= 15 is 0 Å². The van der Waals surface area contributed by atoms with Crippen molar-refractivity contribution < 1.29 is 9.90 Å². The number of nitrogens with one attached hydrogen (secondary N) is 1. The van der Waals surface area contributed by atoms with Gasteiger partial charge in [-0.2, -0.15) is 0 Å². The van der Waals surface area contributed by atoms with Crippen LogP contribution in [0, 0.1) is 0 Å². The Kier molecular flexibility index (Phi) is 4.55. The Balaban J connectivity index is 2.89. The van der Waals surface area contributed by atoms with Crippen molar-refractivity contribution in [2.24, 2.45) is 0 Å². The Labute approximate surface area is 99.6 Å². The first kappa shape index (κ1) is 12.8. The molecule has 0 radical (unpaired) electrons. The van der Waals surface area contributed by atoms with Crippen LogP contribution in [0.2, 0.25) is 5.02 Å². The van der Waals surface area contributed by atoms with Crippen molar-refractivity contribution in [2.45, 2.75) is 32.7 Å². The lowest BCUT2D eigenvalue weighted by Gasteiger charge is -2.14.